The van der Waals surface area contributed by atoms with Crippen LogP contribution in [-0.2, 0) is 6.54 Å². The number of hydrogen-bond donors (Lipinski definition) is 1. The van der Waals surface area contributed by atoms with Crippen LogP contribution in [-0.4, -0.2) is 44.8 Å². The highest BCUT2D eigenvalue weighted by molar-refractivity contribution is 8.00. The van der Waals surface area contributed by atoms with Crippen molar-refractivity contribution >= 4 is 17.6 Å². The van der Waals surface area contributed by atoms with E-state index < -0.39 is 0 Å². The molecule has 0 radical (unpaired) electrons. The summed E-state index contributed by atoms with van der Waals surface area (Å²) in [5.74, 6) is 0.607. The second-order valence-corrected chi connectivity index (χ2v) is 6.40. The molecule has 16 heavy (non-hydrogen) atoms. The first-order chi connectivity index (χ1) is 7.63. The fourth-order valence-electron chi connectivity index (χ4n) is 2.21. The van der Waals surface area contributed by atoms with Crippen LogP contribution in [0, 0.1) is 0 Å². The Morgan fingerprint density at radius 3 is 2.62 bits per heavy atom. The van der Waals surface area contributed by atoms with Gasteiger partial charge in [0.1, 0.15) is 5.82 Å². The molecule has 2 atom stereocenters. The molecular weight excluding hydrogens is 220 g/mol. The summed E-state index contributed by atoms with van der Waals surface area (Å²) in [6, 6.07) is 1.84. The standard InChI is InChI=1S/C11H20N4S/c1-9-7-14(8-10(2)16-9)5-6-15-4-3-11(12)13-15/h3-4,9-10H,5-8H2,1-2H3,(H2,12,13). The number of aromatic nitrogens is 2. The van der Waals surface area contributed by atoms with Crippen molar-refractivity contribution in [3.8, 4) is 0 Å². The molecule has 90 valence electrons. The van der Waals surface area contributed by atoms with E-state index in [0.29, 0.717) is 5.82 Å². The molecule has 0 aliphatic carbocycles. The van der Waals surface area contributed by atoms with Crippen molar-refractivity contribution < 1.29 is 0 Å². The minimum Gasteiger partial charge on any atom is -0.382 e. The smallest absolute Gasteiger partial charge is 0.145 e. The first-order valence-electron chi connectivity index (χ1n) is 5.80. The molecule has 2 N–H and O–H groups in total. The highest BCUT2D eigenvalue weighted by atomic mass is 32.2. The minimum atomic E-state index is 0.607. The van der Waals surface area contributed by atoms with Crippen LogP contribution in [0.15, 0.2) is 12.3 Å². The number of hydrogen-bond acceptors (Lipinski definition) is 4. The number of nitrogens with two attached hydrogens (primary N) is 1. The van der Waals surface area contributed by atoms with E-state index in [-0.39, 0.29) is 0 Å². The van der Waals surface area contributed by atoms with Crippen molar-refractivity contribution in [1.82, 2.24) is 14.7 Å². The molecule has 5 heteroatoms. The lowest BCUT2D eigenvalue weighted by Gasteiger charge is -2.34. The molecule has 0 amide bonds. The van der Waals surface area contributed by atoms with Crippen LogP contribution in [0.2, 0.25) is 0 Å². The Morgan fingerprint density at radius 1 is 1.38 bits per heavy atom. The average Bonchev–Trinajstić information content (AvgIpc) is 2.60. The number of thioether (sulfide) groups is 1. The SMILES string of the molecule is CC1CN(CCn2ccc(N)n2)CC(C)S1. The van der Waals surface area contributed by atoms with Crippen molar-refractivity contribution in [3.05, 3.63) is 12.3 Å². The Labute approximate surface area is 101 Å². The molecular formula is C11H20N4S. The molecule has 1 aromatic heterocycles. The van der Waals surface area contributed by atoms with Gasteiger partial charge in [-0.05, 0) is 6.07 Å². The third kappa shape index (κ3) is 3.15. The molecule has 0 bridgehead atoms. The summed E-state index contributed by atoms with van der Waals surface area (Å²) in [7, 11) is 0. The fourth-order valence-corrected chi connectivity index (χ4v) is 3.60. The average molecular weight is 240 g/mol. The van der Waals surface area contributed by atoms with Crippen molar-refractivity contribution in [3.63, 3.8) is 0 Å². The number of anilines is 1. The summed E-state index contributed by atoms with van der Waals surface area (Å²) < 4.78 is 1.92. The molecule has 1 fully saturated rings. The van der Waals surface area contributed by atoms with Gasteiger partial charge in [0.25, 0.3) is 0 Å². The Balaban J connectivity index is 1.81. The molecule has 0 spiro atoms. The Kier molecular flexibility index (Phi) is 3.76. The molecule has 1 aliphatic rings. The van der Waals surface area contributed by atoms with Gasteiger partial charge in [0.05, 0.1) is 6.54 Å². The highest BCUT2D eigenvalue weighted by Crippen LogP contribution is 2.24. The van der Waals surface area contributed by atoms with Crippen LogP contribution in [0.4, 0.5) is 5.82 Å². The van der Waals surface area contributed by atoms with Gasteiger partial charge >= 0.3 is 0 Å². The maximum absolute atomic E-state index is 5.58. The third-order valence-corrected chi connectivity index (χ3v) is 4.03. The first-order valence-corrected chi connectivity index (χ1v) is 6.74. The molecule has 4 nitrogen and oxygen atoms in total. The van der Waals surface area contributed by atoms with Gasteiger partial charge in [0, 0.05) is 36.3 Å². The molecule has 2 heterocycles. The summed E-state index contributed by atoms with van der Waals surface area (Å²) in [6.07, 6.45) is 1.95. The van der Waals surface area contributed by atoms with Gasteiger partial charge in [-0.2, -0.15) is 16.9 Å². The second kappa shape index (κ2) is 5.10. The quantitative estimate of drug-likeness (QED) is 0.865. The van der Waals surface area contributed by atoms with Crippen molar-refractivity contribution in [2.24, 2.45) is 0 Å². The molecule has 1 saturated heterocycles. The summed E-state index contributed by atoms with van der Waals surface area (Å²) in [5.41, 5.74) is 5.58. The first kappa shape index (κ1) is 11.8. The molecule has 0 saturated carbocycles. The van der Waals surface area contributed by atoms with Crippen LogP contribution < -0.4 is 5.73 Å². The third-order valence-electron chi connectivity index (χ3n) is 2.80. The lowest BCUT2D eigenvalue weighted by atomic mass is 10.3. The van der Waals surface area contributed by atoms with Gasteiger partial charge in [0.15, 0.2) is 0 Å². The van der Waals surface area contributed by atoms with Crippen LogP contribution in [0.3, 0.4) is 0 Å². The Morgan fingerprint density at radius 2 is 2.06 bits per heavy atom. The summed E-state index contributed by atoms with van der Waals surface area (Å²) in [5, 5.41) is 5.68. The predicted molar refractivity (Wildman–Crippen MR) is 69.6 cm³/mol. The molecule has 1 aromatic rings. The maximum atomic E-state index is 5.58. The molecule has 2 unspecified atom stereocenters. The summed E-state index contributed by atoms with van der Waals surface area (Å²) in [6.45, 7) is 8.98. The topological polar surface area (TPSA) is 47.1 Å². The van der Waals surface area contributed by atoms with Gasteiger partial charge in [-0.15, -0.1) is 0 Å². The van der Waals surface area contributed by atoms with Gasteiger partial charge in [-0.25, -0.2) is 0 Å². The van der Waals surface area contributed by atoms with Crippen LogP contribution in [0.5, 0.6) is 0 Å². The van der Waals surface area contributed by atoms with E-state index in [9.17, 15) is 0 Å². The number of nitrogens with zero attached hydrogens (tertiary/aromatic N) is 3. The molecule has 1 aliphatic heterocycles. The maximum Gasteiger partial charge on any atom is 0.145 e. The van der Waals surface area contributed by atoms with Crippen LogP contribution >= 0.6 is 11.8 Å². The van der Waals surface area contributed by atoms with E-state index in [0.717, 1.165) is 23.6 Å². The largest absolute Gasteiger partial charge is 0.382 e. The van der Waals surface area contributed by atoms with Crippen molar-refractivity contribution in [1.29, 1.82) is 0 Å². The zero-order valence-corrected chi connectivity index (χ0v) is 10.8. The Hall–Kier alpha value is -0.680. The van der Waals surface area contributed by atoms with Crippen molar-refractivity contribution in [2.75, 3.05) is 25.4 Å². The van der Waals surface area contributed by atoms with Crippen LogP contribution in [0.1, 0.15) is 13.8 Å². The Bertz CT molecular complexity index is 328. The van der Waals surface area contributed by atoms with Crippen molar-refractivity contribution in [2.45, 2.75) is 30.9 Å². The second-order valence-electron chi connectivity index (χ2n) is 4.52. The number of nitrogen functional groups attached to an aromatic ring is 1. The number of rotatable bonds is 3. The van der Waals surface area contributed by atoms with Gasteiger partial charge < -0.3 is 5.73 Å². The van der Waals surface area contributed by atoms with Gasteiger partial charge in [-0.1, -0.05) is 13.8 Å². The zero-order valence-electron chi connectivity index (χ0n) is 9.97. The molecule has 0 aromatic carbocycles. The van der Waals surface area contributed by atoms with E-state index in [1.54, 1.807) is 0 Å². The van der Waals surface area contributed by atoms with E-state index in [1.165, 1.54) is 13.1 Å². The van der Waals surface area contributed by atoms with E-state index in [2.05, 4.69) is 35.6 Å². The molecule has 2 rings (SSSR count). The highest BCUT2D eigenvalue weighted by Gasteiger charge is 2.21. The van der Waals surface area contributed by atoms with E-state index in [1.807, 2.05) is 16.9 Å². The monoisotopic (exact) mass is 240 g/mol. The zero-order chi connectivity index (χ0) is 11.5. The van der Waals surface area contributed by atoms with Gasteiger partial charge in [-0.3, -0.25) is 9.58 Å². The lowest BCUT2D eigenvalue weighted by molar-refractivity contribution is 0.256. The predicted octanol–water partition coefficient (Wildman–Crippen LogP) is 1.29. The fraction of sp³-hybridized carbons (Fsp3) is 0.727. The van der Waals surface area contributed by atoms with Gasteiger partial charge in [0.2, 0.25) is 0 Å². The summed E-state index contributed by atoms with van der Waals surface area (Å²) >= 11 is 2.09. The van der Waals surface area contributed by atoms with E-state index in [4.69, 9.17) is 5.73 Å². The van der Waals surface area contributed by atoms with E-state index >= 15 is 0 Å². The minimum absolute atomic E-state index is 0.607. The van der Waals surface area contributed by atoms with Crippen LogP contribution in [0.25, 0.3) is 0 Å². The normalized spacial score (nSPS) is 27.1. The summed E-state index contributed by atoms with van der Waals surface area (Å²) in [4.78, 5) is 2.52. The lowest BCUT2D eigenvalue weighted by Crippen LogP contribution is -2.41.